The van der Waals surface area contributed by atoms with Crippen LogP contribution in [0.25, 0.3) is 0 Å². The van der Waals surface area contributed by atoms with Crippen LogP contribution in [0.4, 0.5) is 9.18 Å². The molecule has 0 heterocycles. The fourth-order valence-corrected chi connectivity index (χ4v) is 2.21. The number of ketones is 1. The highest BCUT2D eigenvalue weighted by Gasteiger charge is 2.15. The molecule has 0 spiro atoms. The maximum Gasteiger partial charge on any atom is 0.407 e. The summed E-state index contributed by atoms with van der Waals surface area (Å²) in [7, 11) is 3.74. The Bertz CT molecular complexity index is 724. The van der Waals surface area contributed by atoms with Crippen LogP contribution in [-0.2, 0) is 4.74 Å². The number of carbonyl (C=O) groups excluding carboxylic acids is 2. The Hall–Kier alpha value is -2.07. The van der Waals surface area contributed by atoms with Gasteiger partial charge in [-0.2, -0.15) is 0 Å². The zero-order valence-corrected chi connectivity index (χ0v) is 20.4. The second-order valence-corrected chi connectivity index (χ2v) is 8.21. The summed E-state index contributed by atoms with van der Waals surface area (Å²) in [5, 5.41) is 6.24. The van der Waals surface area contributed by atoms with Gasteiger partial charge in [-0.05, 0) is 51.5 Å². The molecule has 2 N–H and O–H groups in total. The quantitative estimate of drug-likeness (QED) is 0.147. The summed E-state index contributed by atoms with van der Waals surface area (Å²) in [6.07, 6.45) is 1.98. The van der Waals surface area contributed by atoms with E-state index in [2.05, 4.69) is 31.6 Å². The SMILES string of the molecule is CN(C)C=NC(=S)NCCCNC(=O)OC(C)(C)C.O=C(CBr)c1ccccc1F. The Morgan fingerprint density at radius 2 is 1.83 bits per heavy atom. The highest BCUT2D eigenvalue weighted by atomic mass is 79.9. The van der Waals surface area contributed by atoms with Crippen molar-refractivity contribution < 1.29 is 18.7 Å². The lowest BCUT2D eigenvalue weighted by atomic mass is 10.1. The van der Waals surface area contributed by atoms with Crippen LogP contribution >= 0.6 is 28.1 Å². The molecule has 0 aliphatic carbocycles. The average molecular weight is 505 g/mol. The number of amides is 1. The van der Waals surface area contributed by atoms with Crippen molar-refractivity contribution in [1.82, 2.24) is 15.5 Å². The number of aliphatic imine (C=N–C) groups is 1. The van der Waals surface area contributed by atoms with Crippen molar-refractivity contribution in [2.24, 2.45) is 4.99 Å². The first-order valence-corrected chi connectivity index (χ1v) is 10.8. The number of hydrogen-bond acceptors (Lipinski definition) is 4. The van der Waals surface area contributed by atoms with E-state index in [0.29, 0.717) is 18.2 Å². The van der Waals surface area contributed by atoms with E-state index in [-0.39, 0.29) is 16.7 Å². The molecule has 0 radical (unpaired) electrons. The van der Waals surface area contributed by atoms with Gasteiger partial charge < -0.3 is 20.3 Å². The molecule has 0 saturated heterocycles. The van der Waals surface area contributed by atoms with Gasteiger partial charge in [0.15, 0.2) is 10.9 Å². The number of carbonyl (C=O) groups is 2. The molecule has 0 aromatic heterocycles. The highest BCUT2D eigenvalue weighted by molar-refractivity contribution is 9.09. The van der Waals surface area contributed by atoms with Gasteiger partial charge in [-0.15, -0.1) is 0 Å². The Balaban J connectivity index is 0.000000642. The van der Waals surface area contributed by atoms with Crippen LogP contribution in [0.5, 0.6) is 0 Å². The molecule has 168 valence electrons. The molecule has 10 heteroatoms. The number of halogens is 2. The second-order valence-electron chi connectivity index (χ2n) is 7.26. The van der Waals surface area contributed by atoms with Gasteiger partial charge in [0.05, 0.1) is 17.2 Å². The molecule has 0 saturated carbocycles. The predicted octanol–water partition coefficient (Wildman–Crippen LogP) is 3.77. The molecule has 0 atom stereocenters. The van der Waals surface area contributed by atoms with E-state index in [9.17, 15) is 14.0 Å². The molecule has 1 aromatic rings. The molecular weight excluding hydrogens is 475 g/mol. The van der Waals surface area contributed by atoms with Crippen molar-refractivity contribution in [3.8, 4) is 0 Å². The lowest BCUT2D eigenvalue weighted by Crippen LogP contribution is -2.34. The van der Waals surface area contributed by atoms with Crippen molar-refractivity contribution in [1.29, 1.82) is 0 Å². The topological polar surface area (TPSA) is 83.0 Å². The minimum atomic E-state index is -0.467. The fourth-order valence-electron chi connectivity index (χ4n) is 1.76. The van der Waals surface area contributed by atoms with Crippen molar-refractivity contribution in [2.45, 2.75) is 32.8 Å². The minimum absolute atomic E-state index is 0.143. The van der Waals surface area contributed by atoms with Crippen LogP contribution in [0, 0.1) is 5.82 Å². The largest absolute Gasteiger partial charge is 0.444 e. The van der Waals surface area contributed by atoms with Crippen molar-refractivity contribution in [3.63, 3.8) is 0 Å². The fraction of sp³-hybridized carbons (Fsp3) is 0.500. The van der Waals surface area contributed by atoms with Gasteiger partial charge in [0.1, 0.15) is 11.4 Å². The van der Waals surface area contributed by atoms with Crippen LogP contribution in [0.3, 0.4) is 0 Å². The van der Waals surface area contributed by atoms with E-state index < -0.39 is 17.5 Å². The van der Waals surface area contributed by atoms with Gasteiger partial charge in [-0.25, -0.2) is 14.2 Å². The summed E-state index contributed by atoms with van der Waals surface area (Å²) in [5.74, 6) is -0.694. The molecular formula is C20H30BrFN4O3S. The maximum absolute atomic E-state index is 12.8. The third-order valence-corrected chi connectivity index (χ3v) is 3.76. The summed E-state index contributed by atoms with van der Waals surface area (Å²) in [5.41, 5.74) is -0.325. The minimum Gasteiger partial charge on any atom is -0.444 e. The number of nitrogens with zero attached hydrogens (tertiary/aromatic N) is 2. The smallest absolute Gasteiger partial charge is 0.407 e. The lowest BCUT2D eigenvalue weighted by molar-refractivity contribution is 0.0527. The van der Waals surface area contributed by atoms with Gasteiger partial charge in [-0.3, -0.25) is 4.79 Å². The summed E-state index contributed by atoms with van der Waals surface area (Å²) in [6.45, 7) is 6.67. The maximum atomic E-state index is 12.8. The molecule has 0 aliphatic rings. The second kappa shape index (κ2) is 14.8. The Labute approximate surface area is 191 Å². The first kappa shape index (κ1) is 27.9. The summed E-state index contributed by atoms with van der Waals surface area (Å²) in [4.78, 5) is 28.1. The molecule has 0 aliphatic heterocycles. The number of ether oxygens (including phenoxy) is 1. The summed E-state index contributed by atoms with van der Waals surface area (Å²) in [6, 6.07) is 5.94. The molecule has 7 nitrogen and oxygen atoms in total. The van der Waals surface area contributed by atoms with E-state index in [1.165, 1.54) is 12.1 Å². The van der Waals surface area contributed by atoms with Crippen molar-refractivity contribution >= 4 is 51.5 Å². The Morgan fingerprint density at radius 3 is 2.37 bits per heavy atom. The van der Waals surface area contributed by atoms with Gasteiger partial charge in [0, 0.05) is 27.2 Å². The average Bonchev–Trinajstić information content (AvgIpc) is 2.65. The van der Waals surface area contributed by atoms with Crippen LogP contribution in [0.1, 0.15) is 37.6 Å². The molecule has 0 bridgehead atoms. The number of Topliss-reactive ketones (excluding diaryl/α,β-unsaturated/α-hetero) is 1. The molecule has 0 fully saturated rings. The van der Waals surface area contributed by atoms with Crippen LogP contribution in [0.15, 0.2) is 29.3 Å². The van der Waals surface area contributed by atoms with Crippen LogP contribution < -0.4 is 10.6 Å². The number of hydrogen-bond donors (Lipinski definition) is 2. The van der Waals surface area contributed by atoms with Gasteiger partial charge in [0.25, 0.3) is 0 Å². The third kappa shape index (κ3) is 14.9. The van der Waals surface area contributed by atoms with Crippen molar-refractivity contribution in [2.75, 3.05) is 32.5 Å². The van der Waals surface area contributed by atoms with E-state index in [0.717, 1.165) is 6.42 Å². The van der Waals surface area contributed by atoms with Crippen LogP contribution in [-0.4, -0.2) is 66.3 Å². The van der Waals surface area contributed by atoms with Crippen molar-refractivity contribution in [3.05, 3.63) is 35.6 Å². The first-order valence-electron chi connectivity index (χ1n) is 9.25. The van der Waals surface area contributed by atoms with Gasteiger partial charge in [-0.1, -0.05) is 28.1 Å². The zero-order valence-electron chi connectivity index (χ0n) is 18.0. The van der Waals surface area contributed by atoms with Crippen LogP contribution in [0.2, 0.25) is 0 Å². The van der Waals surface area contributed by atoms with E-state index >= 15 is 0 Å². The van der Waals surface area contributed by atoms with Gasteiger partial charge in [0.2, 0.25) is 0 Å². The number of rotatable bonds is 7. The molecule has 30 heavy (non-hydrogen) atoms. The predicted molar refractivity (Wildman–Crippen MR) is 126 cm³/mol. The molecule has 1 aromatic carbocycles. The standard InChI is InChI=1S/C12H24N4O2S.C8H6BrFO/c1-12(2,3)18-11(17)14-8-6-7-13-10(19)15-9-16(4)5;9-5-8(11)6-3-1-2-4-7(6)10/h9H,6-8H2,1-5H3,(H,13,19)(H,14,17);1-4H,5H2. The van der Waals surface area contributed by atoms with Gasteiger partial charge >= 0.3 is 6.09 Å². The molecule has 1 rings (SSSR count). The Morgan fingerprint density at radius 1 is 1.23 bits per heavy atom. The lowest BCUT2D eigenvalue weighted by Gasteiger charge is -2.19. The summed E-state index contributed by atoms with van der Waals surface area (Å²) < 4.78 is 17.9. The van der Waals surface area contributed by atoms with E-state index in [4.69, 9.17) is 17.0 Å². The normalized spacial score (nSPS) is 10.6. The number of thiocarbonyl (C=S) groups is 1. The first-order chi connectivity index (χ1) is 14.0. The zero-order chi connectivity index (χ0) is 23.2. The summed E-state index contributed by atoms with van der Waals surface area (Å²) >= 11 is 7.97. The number of nitrogens with one attached hydrogen (secondary N) is 2. The number of alkyl carbamates (subject to hydrolysis) is 1. The number of benzene rings is 1. The van der Waals surface area contributed by atoms with E-state index in [1.54, 1.807) is 23.4 Å². The highest BCUT2D eigenvalue weighted by Crippen LogP contribution is 2.08. The molecule has 0 unspecified atom stereocenters. The number of alkyl halides is 1. The van der Waals surface area contributed by atoms with E-state index in [1.807, 2.05) is 34.9 Å². The Kier molecular flexibility index (Phi) is 13.8. The third-order valence-electron chi connectivity index (χ3n) is 3.00. The monoisotopic (exact) mass is 504 g/mol. The molecule has 1 amide bonds.